The summed E-state index contributed by atoms with van der Waals surface area (Å²) >= 11 is 0. The van der Waals surface area contributed by atoms with Crippen molar-refractivity contribution in [2.75, 3.05) is 0 Å². The summed E-state index contributed by atoms with van der Waals surface area (Å²) in [6.45, 7) is 4.57. The van der Waals surface area contributed by atoms with Gasteiger partial charge in [0, 0.05) is 12.8 Å². The summed E-state index contributed by atoms with van der Waals surface area (Å²) in [5.41, 5.74) is 0. The van der Waals surface area contributed by atoms with Crippen LogP contribution in [0.4, 0.5) is 0 Å². The van der Waals surface area contributed by atoms with Crippen molar-refractivity contribution in [3.8, 4) is 0 Å². The van der Waals surface area contributed by atoms with Gasteiger partial charge in [-0.25, -0.2) is 0 Å². The molecule has 0 aromatic carbocycles. The van der Waals surface area contributed by atoms with Crippen LogP contribution in [-0.4, -0.2) is 11.9 Å². The molecule has 0 heterocycles. The standard InChI is InChI=1S/C44H84O3/c1-3-5-7-9-11-13-15-17-19-21-23-25-27-29-31-33-35-37-39-41-43(45)47-44(46)42-40-38-36-34-32-30-28-26-24-22-20-18-16-14-12-10-8-6-4-2/h17,19H,3-16,18,20-42H2,1-2H3. The molecule has 0 bridgehead atoms. The Bertz CT molecular complexity index is 655. The molecule has 3 nitrogen and oxygen atoms in total. The lowest BCUT2D eigenvalue weighted by Crippen LogP contribution is -2.11. The topological polar surface area (TPSA) is 43.4 Å². The monoisotopic (exact) mass is 661 g/mol. The highest BCUT2D eigenvalue weighted by atomic mass is 16.6. The zero-order valence-electron chi connectivity index (χ0n) is 32.2. The van der Waals surface area contributed by atoms with E-state index in [0.717, 1.165) is 25.7 Å². The summed E-state index contributed by atoms with van der Waals surface area (Å²) in [6.07, 6.45) is 52.9. The number of hydrogen-bond donors (Lipinski definition) is 0. The maximum atomic E-state index is 12.0. The SMILES string of the molecule is CCCCCCCCC=CCCCCCCCCCCCC(=O)OC(=O)CCCCCCCCCCCCCCCCCCCCC. The van der Waals surface area contributed by atoms with Gasteiger partial charge >= 0.3 is 11.9 Å². The molecule has 0 fully saturated rings. The lowest BCUT2D eigenvalue weighted by Gasteiger charge is -2.05. The van der Waals surface area contributed by atoms with Crippen LogP contribution in [0.5, 0.6) is 0 Å². The van der Waals surface area contributed by atoms with Crippen molar-refractivity contribution in [3.05, 3.63) is 12.2 Å². The molecule has 0 atom stereocenters. The molecule has 0 N–H and O–H groups in total. The number of esters is 2. The Morgan fingerprint density at radius 2 is 0.532 bits per heavy atom. The van der Waals surface area contributed by atoms with Gasteiger partial charge in [-0.15, -0.1) is 0 Å². The van der Waals surface area contributed by atoms with E-state index in [-0.39, 0.29) is 11.9 Å². The lowest BCUT2D eigenvalue weighted by molar-refractivity contribution is -0.159. The number of rotatable bonds is 39. The first-order chi connectivity index (χ1) is 23.2. The van der Waals surface area contributed by atoms with Crippen molar-refractivity contribution in [1.82, 2.24) is 0 Å². The number of unbranched alkanes of at least 4 members (excludes halogenated alkanes) is 33. The van der Waals surface area contributed by atoms with Gasteiger partial charge in [0.2, 0.25) is 0 Å². The normalized spacial score (nSPS) is 11.5. The lowest BCUT2D eigenvalue weighted by atomic mass is 10.0. The van der Waals surface area contributed by atoms with E-state index < -0.39 is 0 Å². The van der Waals surface area contributed by atoms with E-state index in [1.165, 1.54) is 205 Å². The zero-order chi connectivity index (χ0) is 34.1. The van der Waals surface area contributed by atoms with E-state index in [1.807, 2.05) is 0 Å². The molecule has 278 valence electrons. The fourth-order valence-corrected chi connectivity index (χ4v) is 6.62. The molecule has 0 radical (unpaired) electrons. The fourth-order valence-electron chi connectivity index (χ4n) is 6.62. The number of carbonyl (C=O) groups is 2. The molecule has 0 amide bonds. The zero-order valence-corrected chi connectivity index (χ0v) is 32.2. The molecule has 0 saturated heterocycles. The van der Waals surface area contributed by atoms with Crippen molar-refractivity contribution in [3.63, 3.8) is 0 Å². The van der Waals surface area contributed by atoms with Crippen LogP contribution in [0.15, 0.2) is 12.2 Å². The molecule has 0 aromatic heterocycles. The van der Waals surface area contributed by atoms with E-state index in [9.17, 15) is 9.59 Å². The highest BCUT2D eigenvalue weighted by Crippen LogP contribution is 2.16. The molecule has 0 unspecified atom stereocenters. The number of allylic oxidation sites excluding steroid dienone is 2. The minimum absolute atomic E-state index is 0.324. The molecular weight excluding hydrogens is 576 g/mol. The van der Waals surface area contributed by atoms with Crippen molar-refractivity contribution < 1.29 is 14.3 Å². The van der Waals surface area contributed by atoms with E-state index >= 15 is 0 Å². The van der Waals surface area contributed by atoms with Crippen LogP contribution in [0.3, 0.4) is 0 Å². The van der Waals surface area contributed by atoms with Gasteiger partial charge in [-0.05, 0) is 38.5 Å². The number of hydrogen-bond acceptors (Lipinski definition) is 3. The van der Waals surface area contributed by atoms with Gasteiger partial charge in [0.25, 0.3) is 0 Å². The molecule has 0 rings (SSSR count). The maximum Gasteiger partial charge on any atom is 0.313 e. The Kier molecular flexibility index (Phi) is 40.1. The molecule has 0 aliphatic carbocycles. The van der Waals surface area contributed by atoms with Crippen molar-refractivity contribution in [1.29, 1.82) is 0 Å². The van der Waals surface area contributed by atoms with Crippen LogP contribution in [0, 0.1) is 0 Å². The smallest absolute Gasteiger partial charge is 0.313 e. The van der Waals surface area contributed by atoms with E-state index in [1.54, 1.807) is 0 Å². The predicted octanol–water partition coefficient (Wildman–Crippen LogP) is 15.5. The highest BCUT2D eigenvalue weighted by molar-refractivity contribution is 5.85. The fraction of sp³-hybridized carbons (Fsp3) is 0.909. The second-order valence-electron chi connectivity index (χ2n) is 14.7. The second kappa shape index (κ2) is 41.1. The Labute approximate surface area is 295 Å². The molecular formula is C44H84O3. The van der Waals surface area contributed by atoms with Crippen LogP contribution < -0.4 is 0 Å². The highest BCUT2D eigenvalue weighted by Gasteiger charge is 2.10. The first kappa shape index (κ1) is 45.9. The number of ether oxygens (including phenoxy) is 1. The van der Waals surface area contributed by atoms with Crippen molar-refractivity contribution >= 4 is 11.9 Å². The molecule has 47 heavy (non-hydrogen) atoms. The summed E-state index contributed by atoms with van der Waals surface area (Å²) in [5.74, 6) is -0.649. The minimum atomic E-state index is -0.325. The van der Waals surface area contributed by atoms with Gasteiger partial charge in [0.1, 0.15) is 0 Å². The largest absolute Gasteiger partial charge is 0.393 e. The molecule has 0 saturated carbocycles. The Hall–Kier alpha value is -1.12. The first-order valence-corrected chi connectivity index (χ1v) is 21.6. The summed E-state index contributed by atoms with van der Waals surface area (Å²) in [5, 5.41) is 0. The molecule has 3 heteroatoms. The Balaban J connectivity index is 3.28. The minimum Gasteiger partial charge on any atom is -0.393 e. The average molecular weight is 661 g/mol. The van der Waals surface area contributed by atoms with E-state index in [4.69, 9.17) is 4.74 Å². The second-order valence-corrected chi connectivity index (χ2v) is 14.7. The van der Waals surface area contributed by atoms with Gasteiger partial charge in [0.05, 0.1) is 0 Å². The summed E-state index contributed by atoms with van der Waals surface area (Å²) in [7, 11) is 0. The van der Waals surface area contributed by atoms with Crippen LogP contribution in [0.2, 0.25) is 0 Å². The van der Waals surface area contributed by atoms with E-state index in [0.29, 0.717) is 12.8 Å². The predicted molar refractivity (Wildman–Crippen MR) is 207 cm³/mol. The summed E-state index contributed by atoms with van der Waals surface area (Å²) in [4.78, 5) is 24.0. The van der Waals surface area contributed by atoms with Gasteiger partial charge in [-0.3, -0.25) is 9.59 Å². The van der Waals surface area contributed by atoms with Crippen LogP contribution in [0.1, 0.15) is 258 Å². The maximum absolute atomic E-state index is 12.0. The summed E-state index contributed by atoms with van der Waals surface area (Å²) in [6, 6.07) is 0. The molecule has 0 aliphatic heterocycles. The van der Waals surface area contributed by atoms with E-state index in [2.05, 4.69) is 26.0 Å². The van der Waals surface area contributed by atoms with Crippen molar-refractivity contribution in [2.45, 2.75) is 258 Å². The third-order valence-electron chi connectivity index (χ3n) is 9.85. The van der Waals surface area contributed by atoms with Gasteiger partial charge in [-0.1, -0.05) is 219 Å². The van der Waals surface area contributed by atoms with Crippen LogP contribution >= 0.6 is 0 Å². The van der Waals surface area contributed by atoms with Crippen LogP contribution in [-0.2, 0) is 14.3 Å². The first-order valence-electron chi connectivity index (χ1n) is 21.6. The molecule has 0 aromatic rings. The van der Waals surface area contributed by atoms with Gasteiger partial charge in [0.15, 0.2) is 0 Å². The molecule has 0 spiro atoms. The number of carbonyl (C=O) groups excluding carboxylic acids is 2. The van der Waals surface area contributed by atoms with Gasteiger partial charge < -0.3 is 4.74 Å². The van der Waals surface area contributed by atoms with Gasteiger partial charge in [-0.2, -0.15) is 0 Å². The third kappa shape index (κ3) is 41.0. The Morgan fingerprint density at radius 1 is 0.319 bits per heavy atom. The average Bonchev–Trinajstić information content (AvgIpc) is 3.06. The van der Waals surface area contributed by atoms with Crippen molar-refractivity contribution in [2.24, 2.45) is 0 Å². The summed E-state index contributed by atoms with van der Waals surface area (Å²) < 4.78 is 5.04. The Morgan fingerprint density at radius 3 is 0.787 bits per heavy atom. The van der Waals surface area contributed by atoms with Crippen LogP contribution in [0.25, 0.3) is 0 Å². The third-order valence-corrected chi connectivity index (χ3v) is 9.85. The quantitative estimate of drug-likeness (QED) is 0.0285. The molecule has 0 aliphatic rings.